The quantitative estimate of drug-likeness (QED) is 0.150. The zero-order valence-electron chi connectivity index (χ0n) is 24.6. The van der Waals surface area contributed by atoms with E-state index in [1.54, 1.807) is 6.08 Å². The van der Waals surface area contributed by atoms with Crippen molar-refractivity contribution in [2.75, 3.05) is 18.4 Å². The molecule has 3 atom stereocenters. The Bertz CT molecular complexity index is 918. The number of ketones is 1. The first kappa shape index (κ1) is 36.4. The minimum absolute atomic E-state index is 0.0123. The van der Waals surface area contributed by atoms with E-state index < -0.39 is 47.3 Å². The van der Waals surface area contributed by atoms with Gasteiger partial charge in [0.2, 0.25) is 17.6 Å². The second kappa shape index (κ2) is 18.8. The average molecular weight is 617 g/mol. The van der Waals surface area contributed by atoms with Crippen LogP contribution in [0.2, 0.25) is 0 Å². The van der Waals surface area contributed by atoms with Gasteiger partial charge in [-0.15, -0.1) is 36.4 Å². The standard InChI is InChI=1S/C28H45N5O5.CH2Cl2/c1-6-8-15-20(23(34)25(36)29-17-7-2)30-24(35)21-16-12-18-33(21)26(37)22(19-13-10-9-11-14-19)31-27(38)32-28(3,4)5;2-1-3/h6-7,19-22H,1-2,8-18H2,3-5H3,(H,29,36)(H,30,35)(H2,31,32,38);1H2/t20?,21-,22?;/m0./s1. The smallest absolute Gasteiger partial charge is 0.315 e. The Balaban J connectivity index is 0.00000268. The molecule has 2 fully saturated rings. The summed E-state index contributed by atoms with van der Waals surface area (Å²) in [4.78, 5) is 66.4. The van der Waals surface area contributed by atoms with Gasteiger partial charge in [0.05, 0.1) is 11.4 Å². The van der Waals surface area contributed by atoms with E-state index in [2.05, 4.69) is 34.4 Å². The number of likely N-dealkylation sites (tertiary alicyclic amines) is 1. The van der Waals surface area contributed by atoms with E-state index in [1.807, 2.05) is 20.8 Å². The molecule has 5 amide bonds. The number of hydrogen-bond donors (Lipinski definition) is 4. The molecule has 2 rings (SSSR count). The summed E-state index contributed by atoms with van der Waals surface area (Å²) in [5, 5.41) is 11.1. The number of nitrogens with zero attached hydrogens (tertiary/aromatic N) is 1. The van der Waals surface area contributed by atoms with E-state index in [0.717, 1.165) is 32.1 Å². The molecule has 232 valence electrons. The normalized spacial score (nSPS) is 18.6. The number of amides is 5. The number of hydrogen-bond acceptors (Lipinski definition) is 5. The molecule has 0 aromatic heterocycles. The van der Waals surface area contributed by atoms with Crippen LogP contribution in [0.4, 0.5) is 4.79 Å². The first-order valence-corrected chi connectivity index (χ1v) is 15.3. The number of Topliss-reactive ketones (excluding diaryl/α,β-unsaturated/α-hetero) is 1. The molecule has 2 unspecified atom stereocenters. The van der Waals surface area contributed by atoms with Crippen LogP contribution < -0.4 is 21.3 Å². The number of nitrogens with one attached hydrogen (secondary N) is 4. The van der Waals surface area contributed by atoms with Gasteiger partial charge in [0.1, 0.15) is 12.1 Å². The highest BCUT2D eigenvalue weighted by molar-refractivity contribution is 6.40. The molecule has 2 aliphatic rings. The van der Waals surface area contributed by atoms with Crippen molar-refractivity contribution in [2.24, 2.45) is 5.92 Å². The molecule has 0 radical (unpaired) electrons. The Kier molecular flexibility index (Phi) is 16.7. The lowest BCUT2D eigenvalue weighted by molar-refractivity contribution is -0.143. The van der Waals surface area contributed by atoms with Gasteiger partial charge in [-0.1, -0.05) is 31.4 Å². The zero-order valence-corrected chi connectivity index (χ0v) is 26.1. The van der Waals surface area contributed by atoms with Crippen LogP contribution in [0.5, 0.6) is 0 Å². The van der Waals surface area contributed by atoms with Crippen LogP contribution in [0, 0.1) is 5.92 Å². The monoisotopic (exact) mass is 615 g/mol. The highest BCUT2D eigenvalue weighted by atomic mass is 35.5. The number of carbonyl (C=O) groups excluding carboxylic acids is 5. The van der Waals surface area contributed by atoms with Crippen LogP contribution in [0.15, 0.2) is 25.3 Å². The van der Waals surface area contributed by atoms with Crippen molar-refractivity contribution >= 4 is 52.7 Å². The lowest BCUT2D eigenvalue weighted by Crippen LogP contribution is -2.60. The first-order valence-electron chi connectivity index (χ1n) is 14.2. The maximum atomic E-state index is 13.8. The molecule has 0 aromatic rings. The van der Waals surface area contributed by atoms with E-state index in [0.29, 0.717) is 25.8 Å². The summed E-state index contributed by atoms with van der Waals surface area (Å²) in [6.07, 6.45) is 9.51. The molecule has 12 heteroatoms. The Hall–Kier alpha value is -2.59. The van der Waals surface area contributed by atoms with E-state index in [9.17, 15) is 24.0 Å². The minimum atomic E-state index is -1.03. The fraction of sp³-hybridized carbons (Fsp3) is 0.690. The number of urea groups is 1. The van der Waals surface area contributed by atoms with Crippen LogP contribution >= 0.6 is 23.2 Å². The Morgan fingerprint density at radius 2 is 1.59 bits per heavy atom. The summed E-state index contributed by atoms with van der Waals surface area (Å²) < 4.78 is 0. The number of rotatable bonds is 12. The molecule has 1 heterocycles. The molecular weight excluding hydrogens is 569 g/mol. The van der Waals surface area contributed by atoms with E-state index >= 15 is 0 Å². The van der Waals surface area contributed by atoms with Crippen molar-refractivity contribution in [1.29, 1.82) is 0 Å². The lowest BCUT2D eigenvalue weighted by Gasteiger charge is -2.35. The van der Waals surface area contributed by atoms with Crippen molar-refractivity contribution < 1.29 is 24.0 Å². The average Bonchev–Trinajstić information content (AvgIpc) is 3.42. The molecule has 1 saturated heterocycles. The second-order valence-corrected chi connectivity index (χ2v) is 12.1. The summed E-state index contributed by atoms with van der Waals surface area (Å²) in [6, 6.07) is -2.97. The highest BCUT2D eigenvalue weighted by Crippen LogP contribution is 2.29. The summed E-state index contributed by atoms with van der Waals surface area (Å²) in [5.41, 5.74) is -0.467. The molecule has 0 bridgehead atoms. The molecular formula is C29H47Cl2N5O5. The third-order valence-corrected chi connectivity index (χ3v) is 6.92. The lowest BCUT2D eigenvalue weighted by atomic mass is 9.83. The van der Waals surface area contributed by atoms with Gasteiger partial charge in [0.25, 0.3) is 5.91 Å². The van der Waals surface area contributed by atoms with Gasteiger partial charge in [-0.05, 0) is 65.2 Å². The van der Waals surface area contributed by atoms with Crippen molar-refractivity contribution in [3.05, 3.63) is 25.3 Å². The Labute approximate surface area is 254 Å². The number of alkyl halides is 2. The van der Waals surface area contributed by atoms with E-state index in [4.69, 9.17) is 23.2 Å². The SMILES string of the molecule is C=CCCC(NC(=O)[C@@H]1CCCN1C(=O)C(NC(=O)NC(C)(C)C)C1CCCCC1)C(=O)C(=O)NCC=C.ClCCl. The molecule has 41 heavy (non-hydrogen) atoms. The summed E-state index contributed by atoms with van der Waals surface area (Å²) in [6.45, 7) is 13.3. The minimum Gasteiger partial charge on any atom is -0.346 e. The molecule has 0 aromatic carbocycles. The molecule has 1 saturated carbocycles. The first-order chi connectivity index (χ1) is 19.4. The predicted molar refractivity (Wildman–Crippen MR) is 163 cm³/mol. The van der Waals surface area contributed by atoms with Gasteiger partial charge in [0, 0.05) is 18.6 Å². The van der Waals surface area contributed by atoms with Crippen LogP contribution in [0.1, 0.15) is 78.6 Å². The van der Waals surface area contributed by atoms with Gasteiger partial charge in [0.15, 0.2) is 0 Å². The summed E-state index contributed by atoms with van der Waals surface area (Å²) in [7, 11) is 0. The summed E-state index contributed by atoms with van der Waals surface area (Å²) >= 11 is 9.53. The van der Waals surface area contributed by atoms with Gasteiger partial charge < -0.3 is 26.2 Å². The van der Waals surface area contributed by atoms with Gasteiger partial charge >= 0.3 is 6.03 Å². The van der Waals surface area contributed by atoms with E-state index in [1.165, 1.54) is 11.0 Å². The maximum absolute atomic E-state index is 13.8. The van der Waals surface area contributed by atoms with Crippen molar-refractivity contribution in [2.45, 2.75) is 102 Å². The number of halogens is 2. The maximum Gasteiger partial charge on any atom is 0.315 e. The van der Waals surface area contributed by atoms with Crippen LogP contribution in [-0.2, 0) is 19.2 Å². The predicted octanol–water partition coefficient (Wildman–Crippen LogP) is 3.77. The van der Waals surface area contributed by atoms with Crippen LogP contribution in [0.25, 0.3) is 0 Å². The molecule has 10 nitrogen and oxygen atoms in total. The van der Waals surface area contributed by atoms with Crippen molar-refractivity contribution in [1.82, 2.24) is 26.2 Å². The van der Waals surface area contributed by atoms with Crippen molar-refractivity contribution in [3.8, 4) is 0 Å². The third-order valence-electron chi connectivity index (χ3n) is 6.92. The van der Waals surface area contributed by atoms with Crippen LogP contribution in [-0.4, -0.2) is 76.5 Å². The fourth-order valence-corrected chi connectivity index (χ4v) is 5.08. The van der Waals surface area contributed by atoms with Crippen LogP contribution in [0.3, 0.4) is 0 Å². The van der Waals surface area contributed by atoms with Gasteiger partial charge in [-0.3, -0.25) is 19.2 Å². The third kappa shape index (κ3) is 12.9. The molecule has 1 aliphatic carbocycles. The number of allylic oxidation sites excluding steroid dienone is 1. The topological polar surface area (TPSA) is 137 Å². The summed E-state index contributed by atoms with van der Waals surface area (Å²) in [5.74, 6) is -2.32. The Morgan fingerprint density at radius 3 is 2.15 bits per heavy atom. The molecule has 1 aliphatic heterocycles. The molecule has 4 N–H and O–H groups in total. The zero-order chi connectivity index (χ0) is 31.0. The second-order valence-electron chi connectivity index (χ2n) is 11.3. The Morgan fingerprint density at radius 1 is 0.951 bits per heavy atom. The van der Waals surface area contributed by atoms with Gasteiger partial charge in [-0.25, -0.2) is 4.79 Å². The molecule has 0 spiro atoms. The highest BCUT2D eigenvalue weighted by Gasteiger charge is 2.42. The van der Waals surface area contributed by atoms with E-state index in [-0.39, 0.29) is 30.1 Å². The largest absolute Gasteiger partial charge is 0.346 e. The van der Waals surface area contributed by atoms with Gasteiger partial charge in [-0.2, -0.15) is 0 Å². The fourth-order valence-electron chi connectivity index (χ4n) is 5.08. The van der Waals surface area contributed by atoms with Crippen molar-refractivity contribution in [3.63, 3.8) is 0 Å². The number of carbonyl (C=O) groups is 5.